The van der Waals surface area contributed by atoms with Crippen LogP contribution in [0.5, 0.6) is 5.75 Å². The standard InChI is InChI=1S/C24H23Cl2NO4S2/c25-18-11-12-20(31-22(30)10-4-2-1-3-8-17-13-14-32-33-17)23(26)24(18)27-19-9-6-5-7-16(19)15-21(28)29/h1-7,9,11-12,17,27H,8,10,13-15H2,(H,28,29)/b3-1+,4-2+/t17-/m1/s1. The van der Waals surface area contributed by atoms with Gasteiger partial charge in [-0.25, -0.2) is 0 Å². The number of rotatable bonds is 10. The lowest BCUT2D eigenvalue weighted by Gasteiger charge is -2.15. The number of allylic oxidation sites excluding steroid dienone is 3. The van der Waals surface area contributed by atoms with Gasteiger partial charge < -0.3 is 15.2 Å². The number of carboxylic acids is 1. The molecule has 0 aliphatic carbocycles. The molecule has 0 spiro atoms. The minimum absolute atomic E-state index is 0.0987. The van der Waals surface area contributed by atoms with Gasteiger partial charge in [0.15, 0.2) is 5.75 Å². The summed E-state index contributed by atoms with van der Waals surface area (Å²) < 4.78 is 5.42. The average Bonchev–Trinajstić information content (AvgIpc) is 3.30. The Labute approximate surface area is 211 Å². The van der Waals surface area contributed by atoms with Crippen molar-refractivity contribution in [2.45, 2.75) is 30.9 Å². The lowest BCUT2D eigenvalue weighted by Crippen LogP contribution is -2.08. The Hall–Kier alpha value is -2.06. The number of halogens is 2. The molecule has 0 bridgehead atoms. The van der Waals surface area contributed by atoms with E-state index in [2.05, 4.69) is 11.4 Å². The molecule has 9 heteroatoms. The normalized spacial score (nSPS) is 15.9. The van der Waals surface area contributed by atoms with Crippen molar-refractivity contribution in [1.82, 2.24) is 0 Å². The largest absolute Gasteiger partial charge is 0.481 e. The predicted octanol–water partition coefficient (Wildman–Crippen LogP) is 7.32. The van der Waals surface area contributed by atoms with Crippen LogP contribution in [0.15, 0.2) is 60.7 Å². The van der Waals surface area contributed by atoms with Gasteiger partial charge in [0.25, 0.3) is 0 Å². The van der Waals surface area contributed by atoms with Crippen LogP contribution in [0.2, 0.25) is 10.0 Å². The second-order valence-corrected chi connectivity index (χ2v) is 10.8. The van der Waals surface area contributed by atoms with E-state index in [1.165, 1.54) is 18.2 Å². The summed E-state index contributed by atoms with van der Waals surface area (Å²) in [6.07, 6.45) is 9.83. The number of carbonyl (C=O) groups is 2. The van der Waals surface area contributed by atoms with E-state index in [0.29, 0.717) is 27.2 Å². The van der Waals surface area contributed by atoms with Gasteiger partial charge in [0.05, 0.1) is 23.6 Å². The molecule has 1 fully saturated rings. The second-order valence-electron chi connectivity index (χ2n) is 7.19. The summed E-state index contributed by atoms with van der Waals surface area (Å²) in [5, 5.41) is 13.3. The zero-order valence-electron chi connectivity index (χ0n) is 17.6. The first-order valence-corrected chi connectivity index (χ1v) is 13.4. The molecule has 0 amide bonds. The maximum atomic E-state index is 12.3. The van der Waals surface area contributed by atoms with Crippen LogP contribution in [0.4, 0.5) is 11.4 Å². The molecule has 174 valence electrons. The number of para-hydroxylation sites is 1. The van der Waals surface area contributed by atoms with Crippen molar-refractivity contribution in [3.8, 4) is 5.75 Å². The summed E-state index contributed by atoms with van der Waals surface area (Å²) in [6.45, 7) is 0. The SMILES string of the molecule is O=C(O)Cc1ccccc1Nc1c(Cl)ccc(OC(=O)C/C=C/C=C/C[C@@H]2CCSS2)c1Cl. The van der Waals surface area contributed by atoms with E-state index in [9.17, 15) is 9.59 Å². The molecule has 0 saturated carbocycles. The average molecular weight is 524 g/mol. The molecular weight excluding hydrogens is 501 g/mol. The molecule has 1 atom stereocenters. The topological polar surface area (TPSA) is 75.6 Å². The van der Waals surface area contributed by atoms with Gasteiger partial charge in [-0.05, 0) is 36.6 Å². The molecule has 0 aromatic heterocycles. The quantitative estimate of drug-likeness (QED) is 0.146. The Morgan fingerprint density at radius 2 is 1.94 bits per heavy atom. The van der Waals surface area contributed by atoms with Crippen molar-refractivity contribution in [3.05, 3.63) is 76.3 Å². The third-order valence-corrected chi connectivity index (χ3v) is 8.35. The Morgan fingerprint density at radius 3 is 2.70 bits per heavy atom. The molecule has 0 unspecified atom stereocenters. The summed E-state index contributed by atoms with van der Waals surface area (Å²) in [7, 11) is 3.85. The van der Waals surface area contributed by atoms with E-state index >= 15 is 0 Å². The highest BCUT2D eigenvalue weighted by Gasteiger charge is 2.17. The van der Waals surface area contributed by atoms with E-state index in [4.69, 9.17) is 33.0 Å². The number of carbonyl (C=O) groups excluding carboxylic acids is 1. The van der Waals surface area contributed by atoms with E-state index in [1.807, 2.05) is 33.7 Å². The molecule has 2 aromatic carbocycles. The first kappa shape index (κ1) is 25.6. The lowest BCUT2D eigenvalue weighted by atomic mass is 10.1. The van der Waals surface area contributed by atoms with E-state index in [-0.39, 0.29) is 23.6 Å². The number of ether oxygens (including phenoxy) is 1. The summed E-state index contributed by atoms with van der Waals surface area (Å²) in [5.41, 5.74) is 1.46. The molecule has 2 N–H and O–H groups in total. The summed E-state index contributed by atoms with van der Waals surface area (Å²) in [4.78, 5) is 23.4. The number of hydrogen-bond acceptors (Lipinski definition) is 6. The molecule has 1 heterocycles. The van der Waals surface area contributed by atoms with Crippen LogP contribution in [0.3, 0.4) is 0 Å². The second kappa shape index (κ2) is 13.0. The maximum absolute atomic E-state index is 12.3. The van der Waals surface area contributed by atoms with Crippen LogP contribution in [-0.2, 0) is 16.0 Å². The molecule has 1 aliphatic rings. The smallest absolute Gasteiger partial charge is 0.315 e. The van der Waals surface area contributed by atoms with Gasteiger partial charge in [-0.1, -0.05) is 87.3 Å². The van der Waals surface area contributed by atoms with Gasteiger partial charge in [0.2, 0.25) is 0 Å². The zero-order valence-corrected chi connectivity index (χ0v) is 20.8. The maximum Gasteiger partial charge on any atom is 0.315 e. The van der Waals surface area contributed by atoms with Gasteiger partial charge in [-0.2, -0.15) is 0 Å². The van der Waals surface area contributed by atoms with Gasteiger partial charge in [-0.15, -0.1) is 0 Å². The number of carboxylic acid groups (broad SMARTS) is 1. The summed E-state index contributed by atoms with van der Waals surface area (Å²) in [6, 6.07) is 10.0. The van der Waals surface area contributed by atoms with Crippen LogP contribution in [0, 0.1) is 0 Å². The van der Waals surface area contributed by atoms with Crippen molar-refractivity contribution in [1.29, 1.82) is 0 Å². The van der Waals surface area contributed by atoms with Crippen molar-refractivity contribution in [2.75, 3.05) is 11.1 Å². The minimum Gasteiger partial charge on any atom is -0.481 e. The van der Waals surface area contributed by atoms with Gasteiger partial charge in [-0.3, -0.25) is 9.59 Å². The lowest BCUT2D eigenvalue weighted by molar-refractivity contribution is -0.136. The highest BCUT2D eigenvalue weighted by Crippen LogP contribution is 2.40. The van der Waals surface area contributed by atoms with Gasteiger partial charge in [0, 0.05) is 16.7 Å². The third-order valence-electron chi connectivity index (χ3n) is 4.69. The van der Waals surface area contributed by atoms with Crippen LogP contribution in [-0.4, -0.2) is 28.0 Å². The van der Waals surface area contributed by atoms with Crippen molar-refractivity contribution in [3.63, 3.8) is 0 Å². The Balaban J connectivity index is 1.61. The fourth-order valence-electron chi connectivity index (χ4n) is 3.07. The third kappa shape index (κ3) is 8.03. The fourth-order valence-corrected chi connectivity index (χ4v) is 6.47. The fraction of sp³-hybridized carbons (Fsp3) is 0.250. The number of nitrogens with one attached hydrogen (secondary N) is 1. The van der Waals surface area contributed by atoms with Crippen LogP contribution in [0.1, 0.15) is 24.8 Å². The molecule has 2 aromatic rings. The molecule has 3 rings (SSSR count). The van der Waals surface area contributed by atoms with Crippen molar-refractivity contribution < 1.29 is 19.4 Å². The number of aliphatic carboxylic acids is 1. The minimum atomic E-state index is -0.955. The van der Waals surface area contributed by atoms with Crippen LogP contribution < -0.4 is 10.1 Å². The van der Waals surface area contributed by atoms with E-state index < -0.39 is 11.9 Å². The molecule has 1 saturated heterocycles. The summed E-state index contributed by atoms with van der Waals surface area (Å²) >= 11 is 12.8. The Morgan fingerprint density at radius 1 is 1.15 bits per heavy atom. The summed E-state index contributed by atoms with van der Waals surface area (Å²) in [5.74, 6) is -0.0271. The van der Waals surface area contributed by atoms with Gasteiger partial charge in [0.1, 0.15) is 5.02 Å². The Kier molecular flexibility index (Phi) is 10.1. The highest BCUT2D eigenvalue weighted by molar-refractivity contribution is 8.77. The van der Waals surface area contributed by atoms with E-state index in [1.54, 1.807) is 36.4 Å². The first-order valence-electron chi connectivity index (χ1n) is 10.3. The monoisotopic (exact) mass is 523 g/mol. The number of hydrogen-bond donors (Lipinski definition) is 2. The first-order chi connectivity index (χ1) is 15.9. The van der Waals surface area contributed by atoms with Crippen LogP contribution >= 0.6 is 44.8 Å². The molecule has 1 aliphatic heterocycles. The van der Waals surface area contributed by atoms with Crippen LogP contribution in [0.25, 0.3) is 0 Å². The molecule has 33 heavy (non-hydrogen) atoms. The number of anilines is 2. The number of esters is 1. The molecule has 0 radical (unpaired) electrons. The predicted molar refractivity (Wildman–Crippen MR) is 139 cm³/mol. The molecule has 5 nitrogen and oxygen atoms in total. The zero-order chi connectivity index (χ0) is 23.6. The van der Waals surface area contributed by atoms with E-state index in [0.717, 1.165) is 6.42 Å². The van der Waals surface area contributed by atoms with Crippen molar-refractivity contribution in [2.24, 2.45) is 0 Å². The Bertz CT molecular complexity index is 1050. The molecular formula is C24H23Cl2NO4S2. The highest BCUT2D eigenvalue weighted by atomic mass is 35.5. The number of benzene rings is 2. The van der Waals surface area contributed by atoms with Gasteiger partial charge >= 0.3 is 11.9 Å². The van der Waals surface area contributed by atoms with Crippen molar-refractivity contribution >= 4 is 68.1 Å².